The van der Waals surface area contributed by atoms with Gasteiger partial charge in [-0.3, -0.25) is 4.90 Å². The highest BCUT2D eigenvalue weighted by molar-refractivity contribution is 4.79. The van der Waals surface area contributed by atoms with E-state index in [1.165, 1.54) is 64.2 Å². The number of nitrogens with one attached hydrogen (secondary N) is 1. The fourth-order valence-electron chi connectivity index (χ4n) is 4.48. The molecule has 2 saturated carbocycles. The van der Waals surface area contributed by atoms with Gasteiger partial charge in [0.05, 0.1) is 19.8 Å². The van der Waals surface area contributed by atoms with Crippen molar-refractivity contribution in [1.82, 2.24) is 24.9 Å². The number of likely N-dealkylation sites (N-methyl/N-ethyl adjacent to an activating group) is 3. The molecule has 0 aromatic carbocycles. The van der Waals surface area contributed by atoms with Gasteiger partial charge in [0, 0.05) is 57.9 Å². The molecule has 0 amide bonds. The molecule has 212 valence electrons. The van der Waals surface area contributed by atoms with E-state index in [0.717, 1.165) is 38.3 Å². The molecule has 2 rings (SSSR count). The molecule has 35 heavy (non-hydrogen) atoms. The first kappa shape index (κ1) is 34.7. The van der Waals surface area contributed by atoms with Crippen LogP contribution in [0.5, 0.6) is 0 Å². The summed E-state index contributed by atoms with van der Waals surface area (Å²) < 4.78 is 0. The van der Waals surface area contributed by atoms with Gasteiger partial charge in [-0.15, -0.1) is 0 Å². The van der Waals surface area contributed by atoms with E-state index in [9.17, 15) is 0 Å². The predicted octanol–water partition coefficient (Wildman–Crippen LogP) is 1.55. The van der Waals surface area contributed by atoms with Gasteiger partial charge >= 0.3 is 0 Å². The highest BCUT2D eigenvalue weighted by atomic mass is 16.3. The zero-order valence-corrected chi connectivity index (χ0v) is 23.9. The quantitative estimate of drug-likeness (QED) is 0.284. The zero-order valence-electron chi connectivity index (χ0n) is 23.9. The van der Waals surface area contributed by atoms with Gasteiger partial charge in [-0.25, -0.2) is 0 Å². The van der Waals surface area contributed by atoms with Gasteiger partial charge in [0.2, 0.25) is 0 Å². The van der Waals surface area contributed by atoms with E-state index >= 15 is 0 Å². The third-order valence-electron chi connectivity index (χ3n) is 6.79. The highest BCUT2D eigenvalue weighted by Crippen LogP contribution is 2.22. The van der Waals surface area contributed by atoms with E-state index in [-0.39, 0.29) is 19.8 Å². The molecule has 2 aliphatic carbocycles. The van der Waals surface area contributed by atoms with Crippen molar-refractivity contribution in [1.29, 1.82) is 0 Å². The van der Waals surface area contributed by atoms with E-state index in [4.69, 9.17) is 15.3 Å². The third-order valence-corrected chi connectivity index (χ3v) is 6.79. The normalized spacial score (nSPS) is 17.5. The number of hydrogen-bond acceptors (Lipinski definition) is 8. The van der Waals surface area contributed by atoms with E-state index in [1.54, 1.807) is 4.90 Å². The molecule has 0 aliphatic heterocycles. The topological polar surface area (TPSA) is 85.7 Å². The minimum absolute atomic E-state index is 0.0694. The van der Waals surface area contributed by atoms with Crippen LogP contribution in [0.4, 0.5) is 0 Å². The van der Waals surface area contributed by atoms with Gasteiger partial charge in [-0.05, 0) is 60.9 Å². The second-order valence-electron chi connectivity index (χ2n) is 10.8. The lowest BCUT2D eigenvalue weighted by molar-refractivity contribution is 0.136. The second kappa shape index (κ2) is 24.0. The van der Waals surface area contributed by atoms with E-state index < -0.39 is 0 Å². The Morgan fingerprint density at radius 3 is 1.14 bits per heavy atom. The number of aliphatic hydroxyl groups excluding tert-OH is 3. The van der Waals surface area contributed by atoms with Crippen LogP contribution in [0.15, 0.2) is 0 Å². The monoisotopic (exact) mass is 503 g/mol. The Kier molecular flexibility index (Phi) is 23.8. The summed E-state index contributed by atoms with van der Waals surface area (Å²) >= 11 is 0. The average Bonchev–Trinajstić information content (AvgIpc) is 2.84. The molecule has 0 atom stereocenters. The van der Waals surface area contributed by atoms with Crippen LogP contribution >= 0.6 is 0 Å². The lowest BCUT2D eigenvalue weighted by Gasteiger charge is -2.30. The smallest absolute Gasteiger partial charge is 0.0558 e. The molecule has 0 aromatic rings. The summed E-state index contributed by atoms with van der Waals surface area (Å²) in [7, 11) is 10.6. The molecule has 8 nitrogen and oxygen atoms in total. The maximum atomic E-state index is 8.48. The molecule has 4 N–H and O–H groups in total. The minimum atomic E-state index is 0.0694. The van der Waals surface area contributed by atoms with Crippen molar-refractivity contribution in [3.8, 4) is 0 Å². The second-order valence-corrected chi connectivity index (χ2v) is 10.8. The Bertz CT molecular complexity index is 389. The summed E-state index contributed by atoms with van der Waals surface area (Å²) in [5.74, 6) is 0. The molecule has 0 bridgehead atoms. The summed E-state index contributed by atoms with van der Waals surface area (Å²) in [5, 5.41) is 29.3. The molecule has 0 unspecified atom stereocenters. The number of nitrogens with zero attached hydrogens (tertiary/aromatic N) is 4. The standard InChI is InChI=1S/C12H23N.C9H23N3.C6H15NO3/c1-3-7-11(8-4-1)13-12-9-5-2-6-10-12;1-10(2)6-8-12(5)9-7-11(3)4;8-4-1-7(2-5-9)3-6-10/h11-13H,1-10H2;6-9H2,1-5H3;8-10H,1-6H2. The maximum Gasteiger partial charge on any atom is 0.0558 e. The first-order valence-electron chi connectivity index (χ1n) is 14.1. The largest absolute Gasteiger partial charge is 0.395 e. The van der Waals surface area contributed by atoms with Crippen LogP contribution in [0.3, 0.4) is 0 Å². The lowest BCUT2D eigenvalue weighted by atomic mass is 9.91. The van der Waals surface area contributed by atoms with Crippen LogP contribution in [-0.4, -0.2) is 148 Å². The molecular formula is C27H61N5O3. The zero-order chi connectivity index (χ0) is 26.3. The van der Waals surface area contributed by atoms with Crippen LogP contribution in [0, 0.1) is 0 Å². The average molecular weight is 504 g/mol. The van der Waals surface area contributed by atoms with Gasteiger partial charge in [-0.1, -0.05) is 38.5 Å². The Hall–Kier alpha value is -0.320. The summed E-state index contributed by atoms with van der Waals surface area (Å²) in [6, 6.07) is 1.74. The highest BCUT2D eigenvalue weighted by Gasteiger charge is 2.19. The number of rotatable bonds is 14. The summed E-state index contributed by atoms with van der Waals surface area (Å²) in [6.07, 6.45) is 14.6. The Balaban J connectivity index is 0.000000501. The Morgan fingerprint density at radius 2 is 0.857 bits per heavy atom. The van der Waals surface area contributed by atoms with Crippen LogP contribution in [0.1, 0.15) is 64.2 Å². The maximum absolute atomic E-state index is 8.48. The van der Waals surface area contributed by atoms with Crippen LogP contribution in [0.2, 0.25) is 0 Å². The van der Waals surface area contributed by atoms with Crippen molar-refractivity contribution in [3.63, 3.8) is 0 Å². The molecule has 0 aromatic heterocycles. The fourth-order valence-corrected chi connectivity index (χ4v) is 4.48. The number of aliphatic hydroxyl groups is 3. The molecule has 2 aliphatic rings. The van der Waals surface area contributed by atoms with Gasteiger partial charge in [-0.2, -0.15) is 0 Å². The lowest BCUT2D eigenvalue weighted by Crippen LogP contribution is -2.40. The molecule has 0 spiro atoms. The SMILES string of the molecule is C1CCC(NC2CCCCC2)CC1.CN(C)CCN(C)CCN(C)C.OCCN(CCO)CCO. The number of hydrogen-bond donors (Lipinski definition) is 4. The first-order valence-corrected chi connectivity index (χ1v) is 14.1. The Labute approximate surface area is 217 Å². The van der Waals surface area contributed by atoms with Crippen molar-refractivity contribution in [2.45, 2.75) is 76.3 Å². The minimum Gasteiger partial charge on any atom is -0.395 e. The van der Waals surface area contributed by atoms with Crippen LogP contribution in [-0.2, 0) is 0 Å². The van der Waals surface area contributed by atoms with Crippen LogP contribution in [0.25, 0.3) is 0 Å². The van der Waals surface area contributed by atoms with Gasteiger partial charge in [0.1, 0.15) is 0 Å². The van der Waals surface area contributed by atoms with Crippen LogP contribution < -0.4 is 5.32 Å². The first-order chi connectivity index (χ1) is 16.8. The summed E-state index contributed by atoms with van der Waals surface area (Å²) in [6.45, 7) is 6.35. The van der Waals surface area contributed by atoms with E-state index in [2.05, 4.69) is 55.3 Å². The van der Waals surface area contributed by atoms with Crippen molar-refractivity contribution < 1.29 is 15.3 Å². The fraction of sp³-hybridized carbons (Fsp3) is 1.00. The Morgan fingerprint density at radius 1 is 0.514 bits per heavy atom. The third kappa shape index (κ3) is 22.6. The van der Waals surface area contributed by atoms with Crippen molar-refractivity contribution in [2.24, 2.45) is 0 Å². The summed E-state index contributed by atoms with van der Waals surface area (Å²) in [4.78, 5) is 8.58. The van der Waals surface area contributed by atoms with Gasteiger partial charge in [0.15, 0.2) is 0 Å². The predicted molar refractivity (Wildman–Crippen MR) is 149 cm³/mol. The van der Waals surface area contributed by atoms with E-state index in [0.29, 0.717) is 19.6 Å². The van der Waals surface area contributed by atoms with Crippen molar-refractivity contribution in [2.75, 3.05) is 101 Å². The molecule has 0 heterocycles. The van der Waals surface area contributed by atoms with Gasteiger partial charge < -0.3 is 35.3 Å². The molecule has 8 heteroatoms. The molecule has 0 saturated heterocycles. The van der Waals surface area contributed by atoms with Crippen molar-refractivity contribution in [3.05, 3.63) is 0 Å². The van der Waals surface area contributed by atoms with Gasteiger partial charge in [0.25, 0.3) is 0 Å². The molecule has 2 fully saturated rings. The van der Waals surface area contributed by atoms with E-state index in [1.807, 2.05) is 0 Å². The molecular weight excluding hydrogens is 442 g/mol. The van der Waals surface area contributed by atoms with Crippen molar-refractivity contribution >= 4 is 0 Å². The molecule has 0 radical (unpaired) electrons. The summed E-state index contributed by atoms with van der Waals surface area (Å²) in [5.41, 5.74) is 0.